The van der Waals surface area contributed by atoms with Gasteiger partial charge in [0.25, 0.3) is 0 Å². The van der Waals surface area contributed by atoms with Gasteiger partial charge in [-0.1, -0.05) is 43.2 Å². The molecule has 0 heterocycles. The first-order valence-corrected chi connectivity index (χ1v) is 6.36. The zero-order valence-corrected chi connectivity index (χ0v) is 10.6. The number of hydrogen-bond acceptors (Lipinski definition) is 2. The standard InChI is InChI=1S/C14H21NO3/c16-11-7-2-1-6-10-15(14(17)18)12-13-8-4-3-5-9-13/h3-5,8-9,16H,1-2,6-7,10-12H2,(H,17,18). The monoisotopic (exact) mass is 251 g/mol. The zero-order valence-electron chi connectivity index (χ0n) is 10.6. The van der Waals surface area contributed by atoms with Gasteiger partial charge in [-0.15, -0.1) is 0 Å². The first-order chi connectivity index (χ1) is 8.74. The summed E-state index contributed by atoms with van der Waals surface area (Å²) in [6.45, 7) is 1.21. The lowest BCUT2D eigenvalue weighted by molar-refractivity contribution is 0.141. The Morgan fingerprint density at radius 1 is 1.06 bits per heavy atom. The van der Waals surface area contributed by atoms with Crippen LogP contribution in [0.3, 0.4) is 0 Å². The molecular formula is C14H21NO3. The lowest BCUT2D eigenvalue weighted by Crippen LogP contribution is -2.29. The molecule has 0 fully saturated rings. The molecule has 1 rings (SSSR count). The molecule has 0 unspecified atom stereocenters. The lowest BCUT2D eigenvalue weighted by atomic mass is 10.1. The van der Waals surface area contributed by atoms with E-state index in [1.165, 1.54) is 4.90 Å². The quantitative estimate of drug-likeness (QED) is 0.698. The topological polar surface area (TPSA) is 60.8 Å². The summed E-state index contributed by atoms with van der Waals surface area (Å²) in [7, 11) is 0. The van der Waals surface area contributed by atoms with Crippen molar-refractivity contribution >= 4 is 6.09 Å². The van der Waals surface area contributed by atoms with E-state index in [4.69, 9.17) is 10.2 Å². The van der Waals surface area contributed by atoms with Crippen molar-refractivity contribution < 1.29 is 15.0 Å². The molecule has 0 atom stereocenters. The van der Waals surface area contributed by atoms with Gasteiger partial charge in [0.1, 0.15) is 0 Å². The van der Waals surface area contributed by atoms with Crippen molar-refractivity contribution in [1.29, 1.82) is 0 Å². The molecule has 18 heavy (non-hydrogen) atoms. The summed E-state index contributed by atoms with van der Waals surface area (Å²) in [5.74, 6) is 0. The molecule has 2 N–H and O–H groups in total. The molecule has 0 saturated heterocycles. The fraction of sp³-hybridized carbons (Fsp3) is 0.500. The fourth-order valence-corrected chi connectivity index (χ4v) is 1.81. The summed E-state index contributed by atoms with van der Waals surface area (Å²) in [5.41, 5.74) is 1.01. The molecule has 100 valence electrons. The molecule has 0 aromatic heterocycles. The molecule has 1 amide bonds. The Kier molecular flexibility index (Phi) is 6.87. The van der Waals surface area contributed by atoms with Gasteiger partial charge in [-0.2, -0.15) is 0 Å². The van der Waals surface area contributed by atoms with Gasteiger partial charge < -0.3 is 15.1 Å². The number of nitrogens with zero attached hydrogens (tertiary/aromatic N) is 1. The van der Waals surface area contributed by atoms with Gasteiger partial charge in [0.05, 0.1) is 0 Å². The molecule has 0 bridgehead atoms. The Morgan fingerprint density at radius 3 is 2.33 bits per heavy atom. The van der Waals surface area contributed by atoms with Gasteiger partial charge in [-0.25, -0.2) is 4.79 Å². The minimum atomic E-state index is -0.874. The summed E-state index contributed by atoms with van der Waals surface area (Å²) in [4.78, 5) is 12.5. The van der Waals surface area contributed by atoms with Crippen LogP contribution in [-0.4, -0.2) is 34.4 Å². The molecule has 0 aliphatic rings. The molecule has 0 aliphatic carbocycles. The van der Waals surface area contributed by atoms with Crippen molar-refractivity contribution in [1.82, 2.24) is 4.90 Å². The Bertz CT molecular complexity index is 340. The smallest absolute Gasteiger partial charge is 0.407 e. The zero-order chi connectivity index (χ0) is 13.2. The van der Waals surface area contributed by atoms with Crippen LogP contribution in [0.4, 0.5) is 4.79 Å². The number of aliphatic hydroxyl groups excluding tert-OH is 1. The number of benzene rings is 1. The molecule has 1 aromatic rings. The Hall–Kier alpha value is -1.55. The maximum Gasteiger partial charge on any atom is 0.407 e. The maximum atomic E-state index is 11.1. The number of carbonyl (C=O) groups is 1. The predicted octanol–water partition coefficient (Wildman–Crippen LogP) is 2.72. The summed E-state index contributed by atoms with van der Waals surface area (Å²) in [5, 5.41) is 17.8. The van der Waals surface area contributed by atoms with E-state index >= 15 is 0 Å². The number of hydrogen-bond donors (Lipinski definition) is 2. The Labute approximate surface area is 108 Å². The van der Waals surface area contributed by atoms with E-state index in [9.17, 15) is 4.79 Å². The maximum absolute atomic E-state index is 11.1. The SMILES string of the molecule is O=C(O)N(CCCCCCO)Cc1ccccc1. The van der Waals surface area contributed by atoms with Crippen LogP contribution in [-0.2, 0) is 6.54 Å². The minimum Gasteiger partial charge on any atom is -0.465 e. The van der Waals surface area contributed by atoms with Crippen molar-refractivity contribution in [3.8, 4) is 0 Å². The molecule has 4 heteroatoms. The van der Waals surface area contributed by atoms with Crippen molar-refractivity contribution in [2.75, 3.05) is 13.2 Å². The van der Waals surface area contributed by atoms with Crippen molar-refractivity contribution in [3.05, 3.63) is 35.9 Å². The summed E-state index contributed by atoms with van der Waals surface area (Å²) < 4.78 is 0. The van der Waals surface area contributed by atoms with E-state index in [1.807, 2.05) is 30.3 Å². The molecule has 4 nitrogen and oxygen atoms in total. The van der Waals surface area contributed by atoms with Crippen molar-refractivity contribution in [2.45, 2.75) is 32.2 Å². The van der Waals surface area contributed by atoms with Crippen LogP contribution in [0, 0.1) is 0 Å². The average molecular weight is 251 g/mol. The molecule has 0 saturated carbocycles. The largest absolute Gasteiger partial charge is 0.465 e. The van der Waals surface area contributed by atoms with Gasteiger partial charge in [-0.3, -0.25) is 0 Å². The third kappa shape index (κ3) is 5.68. The highest BCUT2D eigenvalue weighted by atomic mass is 16.4. The number of unbranched alkanes of at least 4 members (excludes halogenated alkanes) is 3. The van der Waals surface area contributed by atoms with Crippen LogP contribution in [0.2, 0.25) is 0 Å². The summed E-state index contributed by atoms with van der Waals surface area (Å²) in [6.07, 6.45) is 2.68. The van der Waals surface area contributed by atoms with Crippen LogP contribution < -0.4 is 0 Å². The highest BCUT2D eigenvalue weighted by Gasteiger charge is 2.11. The van der Waals surface area contributed by atoms with E-state index in [1.54, 1.807) is 0 Å². The highest BCUT2D eigenvalue weighted by molar-refractivity contribution is 5.64. The van der Waals surface area contributed by atoms with Crippen LogP contribution in [0.15, 0.2) is 30.3 Å². The van der Waals surface area contributed by atoms with E-state index in [-0.39, 0.29) is 6.61 Å². The number of rotatable bonds is 8. The van der Waals surface area contributed by atoms with Gasteiger partial charge in [0.15, 0.2) is 0 Å². The third-order valence-corrected chi connectivity index (χ3v) is 2.82. The number of carboxylic acid groups (broad SMARTS) is 1. The normalized spacial score (nSPS) is 10.3. The van der Waals surface area contributed by atoms with Gasteiger partial charge in [0, 0.05) is 19.7 Å². The average Bonchev–Trinajstić information content (AvgIpc) is 2.38. The van der Waals surface area contributed by atoms with E-state index < -0.39 is 6.09 Å². The third-order valence-electron chi connectivity index (χ3n) is 2.82. The Balaban J connectivity index is 2.34. The molecule has 1 aromatic carbocycles. The number of aliphatic hydroxyl groups is 1. The van der Waals surface area contributed by atoms with Crippen LogP contribution in [0.5, 0.6) is 0 Å². The van der Waals surface area contributed by atoms with E-state index in [0.29, 0.717) is 13.1 Å². The Morgan fingerprint density at radius 2 is 1.72 bits per heavy atom. The van der Waals surface area contributed by atoms with E-state index in [2.05, 4.69) is 0 Å². The van der Waals surface area contributed by atoms with Crippen molar-refractivity contribution in [2.24, 2.45) is 0 Å². The summed E-state index contributed by atoms with van der Waals surface area (Å²) in [6, 6.07) is 9.61. The van der Waals surface area contributed by atoms with E-state index in [0.717, 1.165) is 31.2 Å². The number of amides is 1. The highest BCUT2D eigenvalue weighted by Crippen LogP contribution is 2.07. The van der Waals surface area contributed by atoms with Gasteiger partial charge >= 0.3 is 6.09 Å². The predicted molar refractivity (Wildman–Crippen MR) is 70.4 cm³/mol. The fourth-order valence-electron chi connectivity index (χ4n) is 1.81. The minimum absolute atomic E-state index is 0.215. The molecule has 0 aliphatic heterocycles. The van der Waals surface area contributed by atoms with Crippen molar-refractivity contribution in [3.63, 3.8) is 0 Å². The van der Waals surface area contributed by atoms with Gasteiger partial charge in [-0.05, 0) is 18.4 Å². The molecular weight excluding hydrogens is 230 g/mol. The van der Waals surface area contributed by atoms with Crippen LogP contribution in [0.25, 0.3) is 0 Å². The first kappa shape index (κ1) is 14.5. The lowest BCUT2D eigenvalue weighted by Gasteiger charge is -2.19. The first-order valence-electron chi connectivity index (χ1n) is 6.36. The second-order valence-corrected chi connectivity index (χ2v) is 4.33. The molecule has 0 radical (unpaired) electrons. The molecule has 0 spiro atoms. The second kappa shape index (κ2) is 8.53. The van der Waals surface area contributed by atoms with Gasteiger partial charge in [0.2, 0.25) is 0 Å². The second-order valence-electron chi connectivity index (χ2n) is 4.33. The van der Waals surface area contributed by atoms with Crippen LogP contribution >= 0.6 is 0 Å². The van der Waals surface area contributed by atoms with Crippen LogP contribution in [0.1, 0.15) is 31.2 Å². The summed E-state index contributed by atoms with van der Waals surface area (Å²) >= 11 is 0.